The lowest BCUT2D eigenvalue weighted by atomic mass is 9.76. The van der Waals surface area contributed by atoms with Crippen molar-refractivity contribution in [3.05, 3.63) is 69.0 Å². The second-order valence-corrected chi connectivity index (χ2v) is 10.7. The zero-order valence-electron chi connectivity index (χ0n) is 18.9. The molecule has 2 aliphatic rings. The number of carbonyl (C=O) groups excluding carboxylic acids is 1. The third-order valence-corrected chi connectivity index (χ3v) is 8.71. The number of thiophene rings is 1. The fourth-order valence-corrected chi connectivity index (χ4v) is 7.01. The Labute approximate surface area is 198 Å². The predicted octanol–water partition coefficient (Wildman–Crippen LogP) is 6.29. The Kier molecular flexibility index (Phi) is 6.78. The van der Waals surface area contributed by atoms with Crippen molar-refractivity contribution in [2.75, 3.05) is 10.7 Å². The Bertz CT molecular complexity index is 1130. The van der Waals surface area contributed by atoms with Crippen LogP contribution in [0.1, 0.15) is 62.0 Å². The number of hydrogen-bond acceptors (Lipinski definition) is 6. The zero-order chi connectivity index (χ0) is 22.8. The summed E-state index contributed by atoms with van der Waals surface area (Å²) in [6.07, 6.45) is 4.01. The summed E-state index contributed by atoms with van der Waals surface area (Å²) in [5.41, 5.74) is 12.1. The van der Waals surface area contributed by atoms with Gasteiger partial charge in [0.25, 0.3) is 0 Å². The summed E-state index contributed by atoms with van der Waals surface area (Å²) in [5.74, 6) is 1.16. The summed E-state index contributed by atoms with van der Waals surface area (Å²) >= 11 is 3.56. The fraction of sp³-hybridized carbons (Fsp3) is 0.385. The van der Waals surface area contributed by atoms with E-state index in [1.807, 2.05) is 17.0 Å². The SMILES string of the molecule is CCSc1sc(CC)cc1[C@@H]1C(C#N)=C(N)N(c2ccc(CC)cc2)C2=C1C(=O)CCC2. The first-order valence-electron chi connectivity index (χ1n) is 11.3. The van der Waals surface area contributed by atoms with E-state index in [1.54, 1.807) is 23.1 Å². The van der Waals surface area contributed by atoms with E-state index in [0.29, 0.717) is 17.8 Å². The standard InChI is InChI=1S/C26H29N3OS2/c1-4-16-10-12-17(13-11-16)29-21-8-7-9-22(30)24(21)23(20(15-27)25(29)28)19-14-18(5-2)32-26(19)31-6-3/h10-14,23H,4-9,28H2,1-3H3/t23-/m1/s1. The van der Waals surface area contributed by atoms with Crippen molar-refractivity contribution >= 4 is 34.6 Å². The molecule has 0 amide bonds. The molecule has 2 aromatic rings. The Morgan fingerprint density at radius 1 is 1.19 bits per heavy atom. The fourth-order valence-electron chi connectivity index (χ4n) is 4.63. The van der Waals surface area contributed by atoms with Gasteiger partial charge in [0.2, 0.25) is 0 Å². The van der Waals surface area contributed by atoms with Crippen molar-refractivity contribution in [2.45, 2.75) is 63.0 Å². The number of nitrogens with zero attached hydrogens (tertiary/aromatic N) is 2. The lowest BCUT2D eigenvalue weighted by Crippen LogP contribution is -2.38. The van der Waals surface area contributed by atoms with Crippen molar-refractivity contribution in [3.8, 4) is 6.07 Å². The number of anilines is 1. The summed E-state index contributed by atoms with van der Waals surface area (Å²) in [6, 6.07) is 12.9. The Morgan fingerprint density at radius 2 is 1.94 bits per heavy atom. The molecular weight excluding hydrogens is 434 g/mol. The summed E-state index contributed by atoms with van der Waals surface area (Å²) in [6.45, 7) is 6.40. The number of benzene rings is 1. The number of thioether (sulfide) groups is 1. The predicted molar refractivity (Wildman–Crippen MR) is 134 cm³/mol. The van der Waals surface area contributed by atoms with Crippen LogP contribution in [0.3, 0.4) is 0 Å². The molecule has 1 aliphatic heterocycles. The quantitative estimate of drug-likeness (QED) is 0.510. The average molecular weight is 464 g/mol. The highest BCUT2D eigenvalue weighted by atomic mass is 32.2. The molecular formula is C26H29N3OS2. The number of carbonyl (C=O) groups is 1. The Hall–Kier alpha value is -2.49. The minimum absolute atomic E-state index is 0.142. The van der Waals surface area contributed by atoms with Crippen LogP contribution in [0, 0.1) is 11.3 Å². The van der Waals surface area contributed by atoms with E-state index in [0.717, 1.165) is 54.0 Å². The molecule has 0 unspecified atom stereocenters. The van der Waals surface area contributed by atoms with Crippen LogP contribution in [0.4, 0.5) is 5.69 Å². The van der Waals surface area contributed by atoms with Gasteiger partial charge in [-0.2, -0.15) is 5.26 Å². The van der Waals surface area contributed by atoms with E-state index in [9.17, 15) is 10.1 Å². The molecule has 2 N–H and O–H groups in total. The van der Waals surface area contributed by atoms with Gasteiger partial charge < -0.3 is 5.73 Å². The first kappa shape index (κ1) is 22.7. The van der Waals surface area contributed by atoms with Gasteiger partial charge in [-0.1, -0.05) is 32.9 Å². The number of rotatable bonds is 6. The Morgan fingerprint density at radius 3 is 2.56 bits per heavy atom. The van der Waals surface area contributed by atoms with Crippen LogP contribution < -0.4 is 10.6 Å². The lowest BCUT2D eigenvalue weighted by Gasteiger charge is -2.39. The van der Waals surface area contributed by atoms with Gasteiger partial charge in [0, 0.05) is 28.3 Å². The van der Waals surface area contributed by atoms with Gasteiger partial charge in [-0.05, 0) is 60.8 Å². The number of nitriles is 1. The van der Waals surface area contributed by atoms with Gasteiger partial charge in [-0.3, -0.25) is 9.69 Å². The maximum absolute atomic E-state index is 13.3. The first-order chi connectivity index (χ1) is 15.5. The van der Waals surface area contributed by atoms with Gasteiger partial charge in [0.05, 0.1) is 21.8 Å². The van der Waals surface area contributed by atoms with E-state index < -0.39 is 0 Å². The molecule has 2 heterocycles. The van der Waals surface area contributed by atoms with Crippen LogP contribution in [0.2, 0.25) is 0 Å². The minimum atomic E-state index is -0.375. The van der Waals surface area contributed by atoms with Crippen molar-refractivity contribution in [3.63, 3.8) is 0 Å². The van der Waals surface area contributed by atoms with E-state index >= 15 is 0 Å². The molecule has 1 aromatic carbocycles. The van der Waals surface area contributed by atoms with Crippen LogP contribution in [0.5, 0.6) is 0 Å². The van der Waals surface area contributed by atoms with Crippen LogP contribution in [0.25, 0.3) is 0 Å². The smallest absolute Gasteiger partial charge is 0.161 e. The van der Waals surface area contributed by atoms with Crippen molar-refractivity contribution in [1.29, 1.82) is 5.26 Å². The number of nitrogens with two attached hydrogens (primary N) is 1. The summed E-state index contributed by atoms with van der Waals surface area (Å²) in [4.78, 5) is 16.6. The van der Waals surface area contributed by atoms with Gasteiger partial charge >= 0.3 is 0 Å². The summed E-state index contributed by atoms with van der Waals surface area (Å²) < 4.78 is 1.20. The zero-order valence-corrected chi connectivity index (χ0v) is 20.5. The van der Waals surface area contributed by atoms with E-state index in [2.05, 4.69) is 45.0 Å². The molecule has 1 atom stereocenters. The summed E-state index contributed by atoms with van der Waals surface area (Å²) in [5, 5.41) is 10.2. The maximum atomic E-state index is 13.3. The van der Waals surface area contributed by atoms with E-state index in [1.165, 1.54) is 14.6 Å². The molecule has 6 heteroatoms. The number of allylic oxidation sites excluding steroid dienone is 3. The van der Waals surface area contributed by atoms with Crippen LogP contribution in [-0.4, -0.2) is 11.5 Å². The van der Waals surface area contributed by atoms with E-state index in [4.69, 9.17) is 5.73 Å². The largest absolute Gasteiger partial charge is 0.384 e. The molecule has 4 rings (SSSR count). The molecule has 1 aliphatic carbocycles. The molecule has 0 saturated carbocycles. The summed E-state index contributed by atoms with van der Waals surface area (Å²) in [7, 11) is 0. The third kappa shape index (κ3) is 3.89. The van der Waals surface area contributed by atoms with Gasteiger partial charge in [0.15, 0.2) is 5.78 Å². The highest BCUT2D eigenvalue weighted by molar-refractivity contribution is 8.01. The molecule has 0 fully saturated rings. The highest BCUT2D eigenvalue weighted by Crippen LogP contribution is 2.50. The van der Waals surface area contributed by atoms with Gasteiger partial charge in [-0.25, -0.2) is 0 Å². The van der Waals surface area contributed by atoms with E-state index in [-0.39, 0.29) is 11.7 Å². The molecule has 32 heavy (non-hydrogen) atoms. The van der Waals surface area contributed by atoms with Crippen LogP contribution in [-0.2, 0) is 17.6 Å². The second kappa shape index (κ2) is 9.56. The molecule has 0 saturated heterocycles. The topological polar surface area (TPSA) is 70.1 Å². The van der Waals surface area contributed by atoms with Gasteiger partial charge in [-0.15, -0.1) is 23.1 Å². The molecule has 4 nitrogen and oxygen atoms in total. The second-order valence-electron chi connectivity index (χ2n) is 8.08. The number of aryl methyl sites for hydroxylation is 2. The van der Waals surface area contributed by atoms with Crippen LogP contribution in [0.15, 0.2) is 57.2 Å². The Balaban J connectivity index is 1.94. The monoisotopic (exact) mass is 463 g/mol. The minimum Gasteiger partial charge on any atom is -0.384 e. The first-order valence-corrected chi connectivity index (χ1v) is 13.1. The highest BCUT2D eigenvalue weighted by Gasteiger charge is 2.41. The molecule has 1 aromatic heterocycles. The van der Waals surface area contributed by atoms with Gasteiger partial charge in [0.1, 0.15) is 5.82 Å². The van der Waals surface area contributed by atoms with Crippen molar-refractivity contribution in [1.82, 2.24) is 0 Å². The normalized spacial score (nSPS) is 18.8. The lowest BCUT2D eigenvalue weighted by molar-refractivity contribution is -0.116. The molecule has 0 spiro atoms. The molecule has 0 bridgehead atoms. The third-order valence-electron chi connectivity index (χ3n) is 6.23. The maximum Gasteiger partial charge on any atom is 0.161 e. The van der Waals surface area contributed by atoms with Crippen molar-refractivity contribution in [2.24, 2.45) is 5.73 Å². The number of Topliss-reactive ketones (excluding diaryl/α,β-unsaturated/α-hetero) is 1. The van der Waals surface area contributed by atoms with Crippen molar-refractivity contribution < 1.29 is 4.79 Å². The average Bonchev–Trinajstić information content (AvgIpc) is 3.21. The molecule has 166 valence electrons. The van der Waals surface area contributed by atoms with Crippen LogP contribution >= 0.6 is 23.1 Å². The number of ketones is 1. The molecule has 0 radical (unpaired) electrons. The number of hydrogen-bond donors (Lipinski definition) is 1.